The van der Waals surface area contributed by atoms with Crippen LogP contribution in [-0.4, -0.2) is 23.4 Å². The minimum absolute atomic E-state index is 0.155. The van der Waals surface area contributed by atoms with Crippen LogP contribution in [0.3, 0.4) is 0 Å². The predicted molar refractivity (Wildman–Crippen MR) is 56.8 cm³/mol. The van der Waals surface area contributed by atoms with Gasteiger partial charge in [-0.2, -0.15) is 0 Å². The van der Waals surface area contributed by atoms with Crippen molar-refractivity contribution in [3.05, 3.63) is 0 Å². The molecule has 86 valence electrons. The molecule has 1 rings (SSSR count). The van der Waals surface area contributed by atoms with Gasteiger partial charge in [-0.25, -0.2) is 0 Å². The van der Waals surface area contributed by atoms with Crippen molar-refractivity contribution in [3.63, 3.8) is 0 Å². The van der Waals surface area contributed by atoms with Gasteiger partial charge in [-0.15, -0.1) is 0 Å². The Labute approximate surface area is 89.6 Å². The third-order valence-electron chi connectivity index (χ3n) is 2.83. The third-order valence-corrected chi connectivity index (χ3v) is 2.83. The van der Waals surface area contributed by atoms with Gasteiger partial charge in [0.15, 0.2) is 0 Å². The Hall–Kier alpha value is -1.10. The average Bonchev–Trinajstić information content (AvgIpc) is 2.51. The molecular weight excluding hydrogens is 194 g/mol. The normalized spacial score (nSPS) is 20.9. The quantitative estimate of drug-likeness (QED) is 0.594. The van der Waals surface area contributed by atoms with E-state index in [1.165, 1.54) is 0 Å². The summed E-state index contributed by atoms with van der Waals surface area (Å²) in [5.74, 6) is -0.575. The minimum Gasteiger partial charge on any atom is -0.370 e. The Morgan fingerprint density at radius 1 is 1.40 bits per heavy atom. The zero-order valence-electron chi connectivity index (χ0n) is 9.08. The van der Waals surface area contributed by atoms with Gasteiger partial charge < -0.3 is 16.8 Å². The van der Waals surface area contributed by atoms with E-state index >= 15 is 0 Å². The van der Waals surface area contributed by atoms with Crippen LogP contribution in [0.2, 0.25) is 0 Å². The number of nitrogens with one attached hydrogen (secondary N) is 1. The Balaban J connectivity index is 2.44. The molecule has 0 radical (unpaired) electrons. The van der Waals surface area contributed by atoms with Gasteiger partial charge in [-0.1, -0.05) is 12.8 Å². The lowest BCUT2D eigenvalue weighted by Gasteiger charge is -2.24. The summed E-state index contributed by atoms with van der Waals surface area (Å²) in [5.41, 5.74) is 10.3. The average molecular weight is 213 g/mol. The van der Waals surface area contributed by atoms with Gasteiger partial charge >= 0.3 is 0 Å². The zero-order valence-corrected chi connectivity index (χ0v) is 9.08. The molecule has 0 heterocycles. The molecule has 5 N–H and O–H groups in total. The third kappa shape index (κ3) is 3.20. The lowest BCUT2D eigenvalue weighted by atomic mass is 9.97. The second-order valence-corrected chi connectivity index (χ2v) is 4.41. The summed E-state index contributed by atoms with van der Waals surface area (Å²) < 4.78 is 0. The van der Waals surface area contributed by atoms with E-state index in [-0.39, 0.29) is 18.4 Å². The number of carbonyl (C=O) groups is 2. The van der Waals surface area contributed by atoms with E-state index in [0.29, 0.717) is 0 Å². The molecule has 0 aromatic rings. The van der Waals surface area contributed by atoms with Crippen molar-refractivity contribution in [1.29, 1.82) is 0 Å². The van der Waals surface area contributed by atoms with Crippen molar-refractivity contribution in [1.82, 2.24) is 5.32 Å². The monoisotopic (exact) mass is 213 g/mol. The minimum atomic E-state index is -0.730. The van der Waals surface area contributed by atoms with E-state index in [2.05, 4.69) is 5.32 Å². The van der Waals surface area contributed by atoms with Crippen LogP contribution in [-0.2, 0) is 9.59 Å². The Morgan fingerprint density at radius 3 is 2.40 bits per heavy atom. The summed E-state index contributed by atoms with van der Waals surface area (Å²) in [7, 11) is 0. The number of carbonyl (C=O) groups excluding carboxylic acids is 2. The lowest BCUT2D eigenvalue weighted by Crippen LogP contribution is -2.54. The van der Waals surface area contributed by atoms with E-state index in [0.717, 1.165) is 25.7 Å². The first kappa shape index (κ1) is 12.0. The van der Waals surface area contributed by atoms with E-state index in [1.54, 1.807) is 6.92 Å². The fourth-order valence-corrected chi connectivity index (χ4v) is 1.95. The molecule has 0 spiro atoms. The van der Waals surface area contributed by atoms with Crippen LogP contribution in [0.5, 0.6) is 0 Å². The van der Waals surface area contributed by atoms with Crippen molar-refractivity contribution < 1.29 is 9.59 Å². The summed E-state index contributed by atoms with van der Waals surface area (Å²) in [5, 5.41) is 2.73. The fraction of sp³-hybridized carbons (Fsp3) is 0.800. The number of rotatable bonds is 4. The highest BCUT2D eigenvalue weighted by atomic mass is 16.2. The summed E-state index contributed by atoms with van der Waals surface area (Å²) in [6.07, 6.45) is 3.59. The van der Waals surface area contributed by atoms with E-state index in [9.17, 15) is 9.59 Å². The van der Waals surface area contributed by atoms with Gasteiger partial charge in [-0.05, 0) is 19.8 Å². The summed E-state index contributed by atoms with van der Waals surface area (Å²) in [6.45, 7) is 1.75. The molecule has 0 aromatic carbocycles. The lowest BCUT2D eigenvalue weighted by molar-refractivity contribution is -0.127. The topological polar surface area (TPSA) is 98.2 Å². The molecule has 1 aliphatic rings. The van der Waals surface area contributed by atoms with Crippen LogP contribution in [0.4, 0.5) is 0 Å². The van der Waals surface area contributed by atoms with Crippen molar-refractivity contribution in [2.24, 2.45) is 11.5 Å². The molecule has 0 aliphatic heterocycles. The van der Waals surface area contributed by atoms with Crippen LogP contribution < -0.4 is 16.8 Å². The number of hydrogen-bond donors (Lipinski definition) is 3. The highest BCUT2D eigenvalue weighted by molar-refractivity contribution is 5.87. The number of hydrogen-bond acceptors (Lipinski definition) is 3. The van der Waals surface area contributed by atoms with Crippen molar-refractivity contribution in [2.75, 3.05) is 0 Å². The standard InChI is InChI=1S/C10H19N3O2/c1-7(6-8(11)14)13-9(15)10(12)4-2-3-5-10/h7H,2-6,12H2,1H3,(H2,11,14)(H,13,15). The molecule has 1 atom stereocenters. The van der Waals surface area contributed by atoms with Gasteiger partial charge in [0.2, 0.25) is 11.8 Å². The van der Waals surface area contributed by atoms with E-state index in [1.807, 2.05) is 0 Å². The smallest absolute Gasteiger partial charge is 0.240 e. The van der Waals surface area contributed by atoms with Crippen LogP contribution in [0.25, 0.3) is 0 Å². The molecule has 2 amide bonds. The van der Waals surface area contributed by atoms with E-state index in [4.69, 9.17) is 11.5 Å². The predicted octanol–water partition coefficient (Wildman–Crippen LogP) is -0.362. The van der Waals surface area contributed by atoms with Crippen LogP contribution in [0.15, 0.2) is 0 Å². The molecule has 5 nitrogen and oxygen atoms in total. The molecule has 0 saturated heterocycles. The fourth-order valence-electron chi connectivity index (χ4n) is 1.95. The number of nitrogens with two attached hydrogens (primary N) is 2. The highest BCUT2D eigenvalue weighted by Crippen LogP contribution is 2.27. The SMILES string of the molecule is CC(CC(N)=O)NC(=O)C1(N)CCCC1. The van der Waals surface area contributed by atoms with Gasteiger partial charge in [0.25, 0.3) is 0 Å². The molecule has 0 aromatic heterocycles. The molecule has 1 unspecified atom stereocenters. The Kier molecular flexibility index (Phi) is 3.68. The second-order valence-electron chi connectivity index (χ2n) is 4.41. The summed E-state index contributed by atoms with van der Waals surface area (Å²) >= 11 is 0. The molecule has 0 bridgehead atoms. The number of primary amides is 1. The van der Waals surface area contributed by atoms with Gasteiger partial charge in [0, 0.05) is 12.5 Å². The Bertz CT molecular complexity index is 259. The molecule has 1 aliphatic carbocycles. The summed E-state index contributed by atoms with van der Waals surface area (Å²) in [4.78, 5) is 22.4. The summed E-state index contributed by atoms with van der Waals surface area (Å²) in [6, 6.07) is -0.240. The maximum atomic E-state index is 11.8. The maximum Gasteiger partial charge on any atom is 0.240 e. The highest BCUT2D eigenvalue weighted by Gasteiger charge is 2.37. The first-order chi connectivity index (χ1) is 6.94. The van der Waals surface area contributed by atoms with Gasteiger partial charge in [-0.3, -0.25) is 9.59 Å². The van der Waals surface area contributed by atoms with E-state index < -0.39 is 11.4 Å². The zero-order chi connectivity index (χ0) is 11.5. The van der Waals surface area contributed by atoms with Crippen molar-refractivity contribution >= 4 is 11.8 Å². The molecule has 5 heteroatoms. The first-order valence-electron chi connectivity index (χ1n) is 5.32. The van der Waals surface area contributed by atoms with Crippen LogP contribution in [0, 0.1) is 0 Å². The largest absolute Gasteiger partial charge is 0.370 e. The van der Waals surface area contributed by atoms with Crippen LogP contribution in [0.1, 0.15) is 39.0 Å². The number of amides is 2. The first-order valence-corrected chi connectivity index (χ1v) is 5.32. The van der Waals surface area contributed by atoms with Gasteiger partial charge in [0.1, 0.15) is 0 Å². The molecule has 1 fully saturated rings. The maximum absolute atomic E-state index is 11.8. The van der Waals surface area contributed by atoms with Crippen molar-refractivity contribution in [2.45, 2.75) is 50.6 Å². The van der Waals surface area contributed by atoms with Crippen LogP contribution >= 0.6 is 0 Å². The van der Waals surface area contributed by atoms with Crippen molar-refractivity contribution in [3.8, 4) is 0 Å². The second kappa shape index (κ2) is 4.61. The Morgan fingerprint density at radius 2 is 1.93 bits per heavy atom. The molecule has 15 heavy (non-hydrogen) atoms. The molecule has 1 saturated carbocycles. The van der Waals surface area contributed by atoms with Gasteiger partial charge in [0.05, 0.1) is 5.54 Å². The molecular formula is C10H19N3O2.